The number of carbonyl (C=O) groups excluding carboxylic acids is 2. The Morgan fingerprint density at radius 3 is 2.68 bits per heavy atom. The molecule has 0 unspecified atom stereocenters. The molecular weight excluding hydrogens is 249 g/mol. The molecule has 5 heteroatoms. The number of nitrogens with zero attached hydrogens (tertiary/aromatic N) is 1. The molecule has 1 saturated heterocycles. The van der Waals surface area contributed by atoms with E-state index in [0.717, 1.165) is 0 Å². The van der Waals surface area contributed by atoms with E-state index in [2.05, 4.69) is 0 Å². The van der Waals surface area contributed by atoms with Gasteiger partial charge in [-0.1, -0.05) is 6.07 Å². The molecule has 1 aliphatic rings. The van der Waals surface area contributed by atoms with Crippen molar-refractivity contribution < 1.29 is 18.7 Å². The van der Waals surface area contributed by atoms with E-state index in [-0.39, 0.29) is 24.1 Å². The second kappa shape index (κ2) is 5.82. The number of aryl methyl sites for hydroxylation is 1. The van der Waals surface area contributed by atoms with E-state index in [1.165, 1.54) is 6.07 Å². The summed E-state index contributed by atoms with van der Waals surface area (Å²) in [7, 11) is 0. The highest BCUT2D eigenvalue weighted by atomic mass is 19.1. The number of ketones is 1. The second-order valence-electron chi connectivity index (χ2n) is 4.62. The Balaban J connectivity index is 1.86. The molecule has 0 bridgehead atoms. The quantitative estimate of drug-likeness (QED) is 0.835. The van der Waals surface area contributed by atoms with Crippen LogP contribution in [0.1, 0.15) is 18.4 Å². The largest absolute Gasteiger partial charge is 0.484 e. The minimum absolute atomic E-state index is 0.128. The number of hydrogen-bond donors (Lipinski definition) is 0. The van der Waals surface area contributed by atoms with Crippen LogP contribution in [-0.4, -0.2) is 36.3 Å². The van der Waals surface area contributed by atoms with E-state index in [1.54, 1.807) is 24.0 Å². The zero-order valence-electron chi connectivity index (χ0n) is 10.8. The third kappa shape index (κ3) is 3.53. The van der Waals surface area contributed by atoms with Crippen LogP contribution in [0, 0.1) is 12.7 Å². The molecule has 4 nitrogen and oxygen atoms in total. The molecule has 0 aliphatic carbocycles. The lowest BCUT2D eigenvalue weighted by molar-refractivity contribution is -0.136. The average Bonchev–Trinajstić information content (AvgIpc) is 2.40. The highest BCUT2D eigenvalue weighted by Crippen LogP contribution is 2.16. The normalized spacial score (nSPS) is 15.5. The molecule has 1 aromatic rings. The van der Waals surface area contributed by atoms with Gasteiger partial charge < -0.3 is 9.64 Å². The van der Waals surface area contributed by atoms with Gasteiger partial charge in [-0.05, 0) is 18.6 Å². The first-order valence-electron chi connectivity index (χ1n) is 6.24. The van der Waals surface area contributed by atoms with E-state index in [0.29, 0.717) is 37.2 Å². The summed E-state index contributed by atoms with van der Waals surface area (Å²) in [5, 5.41) is 0. The number of benzene rings is 1. The molecule has 0 aromatic heterocycles. The van der Waals surface area contributed by atoms with E-state index in [1.807, 2.05) is 0 Å². The second-order valence-corrected chi connectivity index (χ2v) is 4.62. The van der Waals surface area contributed by atoms with Crippen molar-refractivity contribution in [3.8, 4) is 5.75 Å². The summed E-state index contributed by atoms with van der Waals surface area (Å²) < 4.78 is 18.6. The smallest absolute Gasteiger partial charge is 0.260 e. The first kappa shape index (κ1) is 13.5. The third-order valence-electron chi connectivity index (χ3n) is 3.18. The summed E-state index contributed by atoms with van der Waals surface area (Å²) in [4.78, 5) is 24.5. The van der Waals surface area contributed by atoms with Crippen molar-refractivity contribution in [2.45, 2.75) is 19.8 Å². The summed E-state index contributed by atoms with van der Waals surface area (Å²) in [6.45, 7) is 2.43. The molecule has 2 rings (SSSR count). The predicted molar refractivity (Wildman–Crippen MR) is 67.5 cm³/mol. The summed E-state index contributed by atoms with van der Waals surface area (Å²) in [5.41, 5.74) is 0.535. The van der Waals surface area contributed by atoms with Gasteiger partial charge in [0.25, 0.3) is 5.91 Å². The lowest BCUT2D eigenvalue weighted by Gasteiger charge is -2.25. The molecule has 19 heavy (non-hydrogen) atoms. The molecule has 0 radical (unpaired) electrons. The molecule has 0 spiro atoms. The zero-order valence-corrected chi connectivity index (χ0v) is 10.8. The fourth-order valence-electron chi connectivity index (χ4n) is 1.91. The van der Waals surface area contributed by atoms with Crippen molar-refractivity contribution in [2.75, 3.05) is 19.7 Å². The maximum Gasteiger partial charge on any atom is 0.260 e. The van der Waals surface area contributed by atoms with Gasteiger partial charge in [0, 0.05) is 32.0 Å². The number of hydrogen-bond acceptors (Lipinski definition) is 3. The fraction of sp³-hybridized carbons (Fsp3) is 0.429. The molecule has 1 aromatic carbocycles. The van der Waals surface area contributed by atoms with Crippen LogP contribution in [0.2, 0.25) is 0 Å². The van der Waals surface area contributed by atoms with Gasteiger partial charge in [0.15, 0.2) is 6.61 Å². The Kier molecular flexibility index (Phi) is 4.14. The fourth-order valence-corrected chi connectivity index (χ4v) is 1.91. The number of piperidine rings is 1. The highest BCUT2D eigenvalue weighted by molar-refractivity contribution is 5.83. The summed E-state index contributed by atoms with van der Waals surface area (Å²) in [6, 6.07) is 4.50. The minimum Gasteiger partial charge on any atom is -0.484 e. The van der Waals surface area contributed by atoms with Crippen LogP contribution in [0.3, 0.4) is 0 Å². The molecule has 1 heterocycles. The van der Waals surface area contributed by atoms with Gasteiger partial charge in [-0.2, -0.15) is 0 Å². The number of ether oxygens (including phenoxy) is 1. The van der Waals surface area contributed by atoms with Gasteiger partial charge in [-0.25, -0.2) is 4.39 Å². The number of rotatable bonds is 3. The molecule has 0 atom stereocenters. The van der Waals surface area contributed by atoms with Crippen molar-refractivity contribution in [1.29, 1.82) is 0 Å². The average molecular weight is 265 g/mol. The van der Waals surface area contributed by atoms with Crippen molar-refractivity contribution in [3.05, 3.63) is 29.6 Å². The number of carbonyl (C=O) groups is 2. The zero-order chi connectivity index (χ0) is 13.8. The molecule has 0 saturated carbocycles. The molecule has 1 fully saturated rings. The lowest BCUT2D eigenvalue weighted by atomic mass is 10.1. The first-order valence-corrected chi connectivity index (χ1v) is 6.24. The summed E-state index contributed by atoms with van der Waals surface area (Å²) in [6.07, 6.45) is 0.815. The first-order chi connectivity index (χ1) is 9.06. The Morgan fingerprint density at radius 2 is 2.05 bits per heavy atom. The summed E-state index contributed by atoms with van der Waals surface area (Å²) >= 11 is 0. The maximum absolute atomic E-state index is 13.3. The van der Waals surface area contributed by atoms with Crippen LogP contribution in [0.4, 0.5) is 4.39 Å². The number of halogens is 1. The third-order valence-corrected chi connectivity index (χ3v) is 3.18. The minimum atomic E-state index is -0.353. The van der Waals surface area contributed by atoms with Crippen LogP contribution in [0.25, 0.3) is 0 Å². The van der Waals surface area contributed by atoms with Crippen LogP contribution in [0.15, 0.2) is 18.2 Å². The van der Waals surface area contributed by atoms with Crippen LogP contribution in [0.5, 0.6) is 5.75 Å². The standard InChI is InChI=1S/C14H16FNO3/c1-10-2-3-12(8-13(10)15)19-9-14(18)16-6-4-11(17)5-7-16/h2-3,8H,4-7,9H2,1H3. The Labute approximate surface area is 111 Å². The van der Waals surface area contributed by atoms with Gasteiger partial charge >= 0.3 is 0 Å². The monoisotopic (exact) mass is 265 g/mol. The van der Waals surface area contributed by atoms with E-state index in [9.17, 15) is 14.0 Å². The van der Waals surface area contributed by atoms with Crippen molar-refractivity contribution >= 4 is 11.7 Å². The summed E-state index contributed by atoms with van der Waals surface area (Å²) in [5.74, 6) is -0.00267. The van der Waals surface area contributed by atoms with Gasteiger partial charge in [0.1, 0.15) is 17.3 Å². The topological polar surface area (TPSA) is 46.6 Å². The van der Waals surface area contributed by atoms with Gasteiger partial charge in [-0.3, -0.25) is 9.59 Å². The Bertz CT molecular complexity index is 491. The SMILES string of the molecule is Cc1ccc(OCC(=O)N2CCC(=O)CC2)cc1F. The van der Waals surface area contributed by atoms with E-state index < -0.39 is 0 Å². The van der Waals surface area contributed by atoms with Gasteiger partial charge in [0.2, 0.25) is 0 Å². The molecule has 0 N–H and O–H groups in total. The number of amides is 1. The highest BCUT2D eigenvalue weighted by Gasteiger charge is 2.20. The van der Waals surface area contributed by atoms with Gasteiger partial charge in [0.05, 0.1) is 0 Å². The van der Waals surface area contributed by atoms with Crippen molar-refractivity contribution in [2.24, 2.45) is 0 Å². The van der Waals surface area contributed by atoms with Crippen molar-refractivity contribution in [3.63, 3.8) is 0 Å². The van der Waals surface area contributed by atoms with E-state index >= 15 is 0 Å². The number of likely N-dealkylation sites (tertiary alicyclic amines) is 1. The lowest BCUT2D eigenvalue weighted by Crippen LogP contribution is -2.41. The van der Waals surface area contributed by atoms with Crippen LogP contribution >= 0.6 is 0 Å². The van der Waals surface area contributed by atoms with Crippen LogP contribution < -0.4 is 4.74 Å². The molecule has 1 aliphatic heterocycles. The number of Topliss-reactive ketones (excluding diaryl/α,β-unsaturated/α-hetero) is 1. The maximum atomic E-state index is 13.3. The van der Waals surface area contributed by atoms with Crippen molar-refractivity contribution in [1.82, 2.24) is 4.90 Å². The molecule has 102 valence electrons. The van der Waals surface area contributed by atoms with E-state index in [4.69, 9.17) is 4.74 Å². The van der Waals surface area contributed by atoms with Gasteiger partial charge in [-0.15, -0.1) is 0 Å². The predicted octanol–water partition coefficient (Wildman–Crippen LogP) is 1.70. The Morgan fingerprint density at radius 1 is 1.37 bits per heavy atom. The van der Waals surface area contributed by atoms with Crippen LogP contribution in [-0.2, 0) is 9.59 Å². The molecule has 1 amide bonds. The molecular formula is C14H16FNO3. The Hall–Kier alpha value is -1.91.